The highest BCUT2D eigenvalue weighted by Gasteiger charge is 2.21. The van der Waals surface area contributed by atoms with Crippen LogP contribution >= 0.6 is 0 Å². The van der Waals surface area contributed by atoms with Crippen molar-refractivity contribution < 1.29 is 28.8 Å². The Hall–Kier alpha value is -1.64. The molecule has 0 aromatic carbocycles. The summed E-state index contributed by atoms with van der Waals surface area (Å²) in [7, 11) is -1.08. The molecule has 0 spiro atoms. The zero-order chi connectivity index (χ0) is 15.0. The molecular formula is C10H18N2O6S. The fourth-order valence-electron chi connectivity index (χ4n) is 1.34. The third-order valence-electron chi connectivity index (χ3n) is 2.11. The van der Waals surface area contributed by atoms with Crippen molar-refractivity contribution in [2.75, 3.05) is 12.0 Å². The van der Waals surface area contributed by atoms with E-state index in [-0.39, 0.29) is 24.6 Å². The van der Waals surface area contributed by atoms with Crippen LogP contribution in [-0.4, -0.2) is 56.5 Å². The monoisotopic (exact) mass is 294 g/mol. The Balaban J connectivity index is 4.27. The summed E-state index contributed by atoms with van der Waals surface area (Å²) in [5, 5.41) is 21.9. The molecule has 19 heavy (non-hydrogen) atoms. The molecule has 0 bridgehead atoms. The van der Waals surface area contributed by atoms with Gasteiger partial charge in [-0.05, 0) is 13.3 Å². The average molecular weight is 294 g/mol. The summed E-state index contributed by atoms with van der Waals surface area (Å²) in [5.41, 5.74) is 0. The third kappa shape index (κ3) is 9.00. The predicted molar refractivity (Wildman–Crippen MR) is 68.4 cm³/mol. The maximum atomic E-state index is 11.5. The first-order valence-electron chi connectivity index (χ1n) is 5.54. The number of aliphatic carboxylic acids is 2. The van der Waals surface area contributed by atoms with Gasteiger partial charge in [0, 0.05) is 35.3 Å². The Kier molecular flexibility index (Phi) is 7.73. The molecule has 3 unspecified atom stereocenters. The van der Waals surface area contributed by atoms with Crippen LogP contribution in [0.15, 0.2) is 0 Å². The smallest absolute Gasteiger partial charge is 0.326 e. The molecule has 0 fully saturated rings. The molecule has 8 nitrogen and oxygen atoms in total. The van der Waals surface area contributed by atoms with E-state index in [0.29, 0.717) is 0 Å². The fraction of sp³-hybridized carbons (Fsp3) is 0.700. The first-order chi connectivity index (χ1) is 8.72. The molecule has 0 aromatic heterocycles. The summed E-state index contributed by atoms with van der Waals surface area (Å²) >= 11 is 0. The van der Waals surface area contributed by atoms with Crippen molar-refractivity contribution in [3.8, 4) is 0 Å². The Labute approximate surface area is 113 Å². The number of urea groups is 1. The maximum absolute atomic E-state index is 11.5. The zero-order valence-corrected chi connectivity index (χ0v) is 11.5. The summed E-state index contributed by atoms with van der Waals surface area (Å²) in [5.74, 6) is -2.19. The quantitative estimate of drug-likeness (QED) is 0.471. The largest absolute Gasteiger partial charge is 0.481 e. The van der Waals surface area contributed by atoms with Crippen LogP contribution in [0, 0.1) is 0 Å². The Morgan fingerprint density at radius 1 is 1.21 bits per heavy atom. The number of rotatable bonds is 8. The van der Waals surface area contributed by atoms with E-state index < -0.39 is 34.8 Å². The van der Waals surface area contributed by atoms with E-state index in [1.165, 1.54) is 6.26 Å². The number of nitrogens with one attached hydrogen (secondary N) is 2. The van der Waals surface area contributed by atoms with Crippen molar-refractivity contribution in [1.29, 1.82) is 0 Å². The highest BCUT2D eigenvalue weighted by Crippen LogP contribution is 1.98. The van der Waals surface area contributed by atoms with Gasteiger partial charge in [0.05, 0.1) is 0 Å². The third-order valence-corrected chi connectivity index (χ3v) is 3.08. The number of carboxylic acid groups (broad SMARTS) is 2. The molecule has 0 rings (SSSR count). The lowest BCUT2D eigenvalue weighted by atomic mass is 10.1. The van der Waals surface area contributed by atoms with Gasteiger partial charge in [0.15, 0.2) is 0 Å². The molecule has 3 atom stereocenters. The SMILES string of the molecule is CC(CS(C)=O)NC(=O)NC(CCC(=O)O)C(=O)O. The van der Waals surface area contributed by atoms with Crippen LogP contribution in [0.5, 0.6) is 0 Å². The number of hydrogen-bond acceptors (Lipinski definition) is 4. The highest BCUT2D eigenvalue weighted by molar-refractivity contribution is 7.84. The number of carboxylic acids is 2. The molecule has 0 aliphatic heterocycles. The van der Waals surface area contributed by atoms with Crippen molar-refractivity contribution in [3.63, 3.8) is 0 Å². The number of amides is 2. The minimum atomic E-state index is -1.30. The topological polar surface area (TPSA) is 133 Å². The van der Waals surface area contributed by atoms with Gasteiger partial charge in [-0.1, -0.05) is 0 Å². The van der Waals surface area contributed by atoms with Gasteiger partial charge < -0.3 is 20.8 Å². The Morgan fingerprint density at radius 2 is 1.79 bits per heavy atom. The molecule has 0 saturated carbocycles. The maximum Gasteiger partial charge on any atom is 0.326 e. The predicted octanol–water partition coefficient (Wildman–Crippen LogP) is -0.629. The molecule has 0 saturated heterocycles. The molecule has 0 radical (unpaired) electrons. The van der Waals surface area contributed by atoms with E-state index in [1.54, 1.807) is 6.92 Å². The van der Waals surface area contributed by atoms with E-state index in [0.717, 1.165) is 0 Å². The fourth-order valence-corrected chi connectivity index (χ4v) is 2.13. The molecule has 0 aliphatic carbocycles. The Morgan fingerprint density at radius 3 is 2.21 bits per heavy atom. The summed E-state index contributed by atoms with van der Waals surface area (Å²) in [4.78, 5) is 32.6. The van der Waals surface area contributed by atoms with Crippen LogP contribution < -0.4 is 10.6 Å². The second-order valence-corrected chi connectivity index (χ2v) is 5.56. The van der Waals surface area contributed by atoms with Gasteiger partial charge in [0.25, 0.3) is 0 Å². The summed E-state index contributed by atoms with van der Waals surface area (Å²) in [6.45, 7) is 1.63. The summed E-state index contributed by atoms with van der Waals surface area (Å²) in [6.07, 6.45) is 0.931. The van der Waals surface area contributed by atoms with Crippen molar-refractivity contribution in [3.05, 3.63) is 0 Å². The molecule has 9 heteroatoms. The first-order valence-corrected chi connectivity index (χ1v) is 7.26. The van der Waals surface area contributed by atoms with E-state index in [1.807, 2.05) is 0 Å². The van der Waals surface area contributed by atoms with Gasteiger partial charge in [-0.25, -0.2) is 9.59 Å². The van der Waals surface area contributed by atoms with Crippen molar-refractivity contribution in [2.45, 2.75) is 31.8 Å². The van der Waals surface area contributed by atoms with Crippen LogP contribution in [0.1, 0.15) is 19.8 Å². The molecular weight excluding hydrogens is 276 g/mol. The summed E-state index contributed by atoms with van der Waals surface area (Å²) in [6, 6.07) is -2.37. The van der Waals surface area contributed by atoms with Gasteiger partial charge in [-0.3, -0.25) is 9.00 Å². The van der Waals surface area contributed by atoms with Crippen LogP contribution in [0.3, 0.4) is 0 Å². The van der Waals surface area contributed by atoms with E-state index >= 15 is 0 Å². The summed E-state index contributed by atoms with van der Waals surface area (Å²) < 4.78 is 10.9. The van der Waals surface area contributed by atoms with Gasteiger partial charge in [-0.15, -0.1) is 0 Å². The van der Waals surface area contributed by atoms with Gasteiger partial charge in [0.1, 0.15) is 6.04 Å². The lowest BCUT2D eigenvalue weighted by Gasteiger charge is -2.17. The first kappa shape index (κ1) is 17.4. The van der Waals surface area contributed by atoms with Crippen LogP contribution in [0.2, 0.25) is 0 Å². The van der Waals surface area contributed by atoms with Crippen LogP contribution in [-0.2, 0) is 20.4 Å². The molecule has 0 aromatic rings. The molecule has 110 valence electrons. The van der Waals surface area contributed by atoms with Gasteiger partial charge >= 0.3 is 18.0 Å². The van der Waals surface area contributed by atoms with E-state index in [9.17, 15) is 18.6 Å². The minimum Gasteiger partial charge on any atom is -0.481 e. The van der Waals surface area contributed by atoms with E-state index in [2.05, 4.69) is 10.6 Å². The second-order valence-electron chi connectivity index (χ2n) is 4.08. The van der Waals surface area contributed by atoms with E-state index in [4.69, 9.17) is 10.2 Å². The standard InChI is InChI=1S/C10H18N2O6S/c1-6(5-19(2)18)11-10(17)12-7(9(15)16)3-4-8(13)14/h6-7H,3-5H2,1-2H3,(H,13,14)(H,15,16)(H2,11,12,17). The number of hydrogen-bond donors (Lipinski definition) is 4. The second kappa shape index (κ2) is 8.46. The average Bonchev–Trinajstić information content (AvgIpc) is 2.21. The number of carbonyl (C=O) groups is 3. The van der Waals surface area contributed by atoms with Gasteiger partial charge in [-0.2, -0.15) is 0 Å². The zero-order valence-electron chi connectivity index (χ0n) is 10.7. The van der Waals surface area contributed by atoms with Crippen LogP contribution in [0.4, 0.5) is 4.79 Å². The Bertz CT molecular complexity index is 373. The molecule has 2 amide bonds. The van der Waals surface area contributed by atoms with Crippen molar-refractivity contribution in [1.82, 2.24) is 10.6 Å². The van der Waals surface area contributed by atoms with Gasteiger partial charge in [0.2, 0.25) is 0 Å². The lowest BCUT2D eigenvalue weighted by molar-refractivity contribution is -0.140. The normalized spacial score (nSPS) is 15.1. The minimum absolute atomic E-state index is 0.202. The number of carbonyl (C=O) groups excluding carboxylic acids is 1. The lowest BCUT2D eigenvalue weighted by Crippen LogP contribution is -2.49. The van der Waals surface area contributed by atoms with Crippen LogP contribution in [0.25, 0.3) is 0 Å². The molecule has 0 aliphatic rings. The van der Waals surface area contributed by atoms with Crippen molar-refractivity contribution in [2.24, 2.45) is 0 Å². The molecule has 4 N–H and O–H groups in total. The molecule has 0 heterocycles. The highest BCUT2D eigenvalue weighted by atomic mass is 32.2. The van der Waals surface area contributed by atoms with Crippen molar-refractivity contribution >= 4 is 28.8 Å².